The van der Waals surface area contributed by atoms with Crippen molar-refractivity contribution in [3.63, 3.8) is 0 Å². The summed E-state index contributed by atoms with van der Waals surface area (Å²) in [6, 6.07) is 10.7. The number of aldehydes is 1. The second kappa shape index (κ2) is 5.72. The zero-order valence-corrected chi connectivity index (χ0v) is 12.2. The molecule has 0 aliphatic heterocycles. The summed E-state index contributed by atoms with van der Waals surface area (Å²) in [6.07, 6.45) is 0.796. The number of hydrogen-bond acceptors (Lipinski definition) is 6. The summed E-state index contributed by atoms with van der Waals surface area (Å²) < 4.78 is 0. The minimum atomic E-state index is 0.609. The van der Waals surface area contributed by atoms with E-state index in [4.69, 9.17) is 0 Å². The highest BCUT2D eigenvalue weighted by Crippen LogP contribution is 2.32. The molecule has 1 aromatic heterocycles. The Morgan fingerprint density at radius 2 is 1.91 bits per heavy atom. The number of H-pyrrole nitrogens is 1. The molecule has 7 heteroatoms. The van der Waals surface area contributed by atoms with Crippen LogP contribution in [0.2, 0.25) is 0 Å². The van der Waals surface area contributed by atoms with Gasteiger partial charge in [-0.05, 0) is 36.4 Å². The van der Waals surface area contributed by atoms with Crippen molar-refractivity contribution in [2.24, 2.45) is 10.2 Å². The second-order valence-corrected chi connectivity index (χ2v) is 4.97. The van der Waals surface area contributed by atoms with Crippen molar-refractivity contribution in [2.75, 3.05) is 19.0 Å². The van der Waals surface area contributed by atoms with Gasteiger partial charge in [0.2, 0.25) is 0 Å². The Kier molecular flexibility index (Phi) is 3.61. The maximum atomic E-state index is 10.6. The molecule has 0 saturated heterocycles. The maximum Gasteiger partial charge on any atom is 0.150 e. The molecule has 1 N–H and O–H groups in total. The van der Waals surface area contributed by atoms with Gasteiger partial charge in [0.25, 0.3) is 0 Å². The molecule has 3 aromatic rings. The van der Waals surface area contributed by atoms with Gasteiger partial charge >= 0.3 is 0 Å². The van der Waals surface area contributed by atoms with Gasteiger partial charge in [0.05, 0.1) is 16.9 Å². The summed E-state index contributed by atoms with van der Waals surface area (Å²) >= 11 is 0. The number of aromatic amines is 1. The lowest BCUT2D eigenvalue weighted by atomic mass is 10.2. The Labute approximate surface area is 126 Å². The SMILES string of the molecule is CN(C)c1cc2nn[nH]c2cc1/N=N/c1ccc(C=O)cc1. The summed E-state index contributed by atoms with van der Waals surface area (Å²) in [6.45, 7) is 0. The van der Waals surface area contributed by atoms with E-state index in [-0.39, 0.29) is 0 Å². The quantitative estimate of drug-likeness (QED) is 0.591. The second-order valence-electron chi connectivity index (χ2n) is 4.97. The molecule has 0 radical (unpaired) electrons. The Bertz CT molecular complexity index is 835. The third kappa shape index (κ3) is 2.69. The molecule has 0 aliphatic rings. The highest BCUT2D eigenvalue weighted by molar-refractivity contribution is 5.85. The number of rotatable bonds is 4. The van der Waals surface area contributed by atoms with Crippen molar-refractivity contribution in [2.45, 2.75) is 0 Å². The van der Waals surface area contributed by atoms with Crippen LogP contribution in [-0.4, -0.2) is 35.8 Å². The van der Waals surface area contributed by atoms with E-state index < -0.39 is 0 Å². The molecule has 0 aliphatic carbocycles. The molecule has 0 bridgehead atoms. The van der Waals surface area contributed by atoms with Gasteiger partial charge in [-0.1, -0.05) is 5.21 Å². The Balaban J connectivity index is 1.98. The molecule has 0 amide bonds. The molecule has 0 saturated carbocycles. The minimum absolute atomic E-state index is 0.609. The molecule has 2 aromatic carbocycles. The number of fused-ring (bicyclic) bond motifs is 1. The molecular formula is C15H14N6O. The predicted octanol–water partition coefficient (Wildman–Crippen LogP) is 3.25. The van der Waals surface area contributed by atoms with Crippen molar-refractivity contribution < 1.29 is 4.79 Å². The average molecular weight is 294 g/mol. The largest absolute Gasteiger partial charge is 0.376 e. The van der Waals surface area contributed by atoms with Crippen LogP contribution < -0.4 is 4.90 Å². The van der Waals surface area contributed by atoms with Gasteiger partial charge in [-0.2, -0.15) is 5.11 Å². The van der Waals surface area contributed by atoms with E-state index in [2.05, 4.69) is 25.6 Å². The maximum absolute atomic E-state index is 10.6. The number of carbonyl (C=O) groups is 1. The van der Waals surface area contributed by atoms with Gasteiger partial charge < -0.3 is 4.90 Å². The highest BCUT2D eigenvalue weighted by Gasteiger charge is 2.09. The number of nitrogens with one attached hydrogen (secondary N) is 1. The van der Waals surface area contributed by atoms with E-state index in [1.165, 1.54) is 0 Å². The van der Waals surface area contributed by atoms with Gasteiger partial charge in [0.15, 0.2) is 0 Å². The zero-order valence-electron chi connectivity index (χ0n) is 12.2. The number of carbonyl (C=O) groups excluding carboxylic acids is 1. The monoisotopic (exact) mass is 294 g/mol. The summed E-state index contributed by atoms with van der Waals surface area (Å²) in [5, 5.41) is 19.1. The molecule has 3 rings (SSSR count). The Morgan fingerprint density at radius 3 is 2.59 bits per heavy atom. The van der Waals surface area contributed by atoms with Gasteiger partial charge in [0, 0.05) is 19.7 Å². The number of nitrogens with zero attached hydrogens (tertiary/aromatic N) is 5. The first-order valence-corrected chi connectivity index (χ1v) is 6.66. The summed E-state index contributed by atoms with van der Waals surface area (Å²) in [5.41, 5.74) is 4.47. The third-order valence-corrected chi connectivity index (χ3v) is 3.21. The Hall–Kier alpha value is -3.09. The molecule has 1 heterocycles. The fourth-order valence-corrected chi connectivity index (χ4v) is 2.04. The van der Waals surface area contributed by atoms with Crippen LogP contribution >= 0.6 is 0 Å². The molecule has 0 spiro atoms. The van der Waals surface area contributed by atoms with Crippen molar-refractivity contribution in [1.82, 2.24) is 15.4 Å². The van der Waals surface area contributed by atoms with E-state index in [1.54, 1.807) is 24.3 Å². The number of hydrogen-bond donors (Lipinski definition) is 1. The standard InChI is InChI=1S/C15H14N6O/c1-21(2)15-8-13-12(18-20-19-13)7-14(15)17-16-11-5-3-10(9-22)4-6-11/h3-9H,1-2H3,(H,18,19,20)/b17-16+. The fraction of sp³-hybridized carbons (Fsp3) is 0.133. The molecule has 0 atom stereocenters. The normalized spacial score (nSPS) is 11.2. The van der Waals surface area contributed by atoms with Crippen LogP contribution in [0.1, 0.15) is 10.4 Å². The first kappa shape index (κ1) is 13.9. The first-order chi connectivity index (χ1) is 10.7. The molecular weight excluding hydrogens is 280 g/mol. The van der Waals surface area contributed by atoms with E-state index in [0.717, 1.165) is 23.0 Å². The lowest BCUT2D eigenvalue weighted by Gasteiger charge is -2.14. The van der Waals surface area contributed by atoms with Gasteiger partial charge in [-0.25, -0.2) is 0 Å². The number of aromatic nitrogens is 3. The van der Waals surface area contributed by atoms with E-state index in [9.17, 15) is 4.79 Å². The molecule has 7 nitrogen and oxygen atoms in total. The third-order valence-electron chi connectivity index (χ3n) is 3.21. The van der Waals surface area contributed by atoms with Crippen LogP contribution in [0.25, 0.3) is 11.0 Å². The summed E-state index contributed by atoms with van der Waals surface area (Å²) in [4.78, 5) is 12.6. The lowest BCUT2D eigenvalue weighted by molar-refractivity contribution is 0.112. The number of benzene rings is 2. The van der Waals surface area contributed by atoms with E-state index in [0.29, 0.717) is 16.9 Å². The van der Waals surface area contributed by atoms with Crippen molar-refractivity contribution in [3.05, 3.63) is 42.0 Å². The van der Waals surface area contributed by atoms with Crippen LogP contribution in [0.4, 0.5) is 17.1 Å². The van der Waals surface area contributed by atoms with Crippen molar-refractivity contribution >= 4 is 34.4 Å². The van der Waals surface area contributed by atoms with Crippen molar-refractivity contribution in [3.8, 4) is 0 Å². The van der Waals surface area contributed by atoms with E-state index >= 15 is 0 Å². The first-order valence-electron chi connectivity index (χ1n) is 6.66. The van der Waals surface area contributed by atoms with Crippen LogP contribution in [0.15, 0.2) is 46.6 Å². The van der Waals surface area contributed by atoms with Gasteiger partial charge in [-0.3, -0.25) is 9.89 Å². The smallest absolute Gasteiger partial charge is 0.150 e. The number of azo groups is 1. The topological polar surface area (TPSA) is 86.6 Å². The Morgan fingerprint density at radius 1 is 1.14 bits per heavy atom. The molecule has 110 valence electrons. The van der Waals surface area contributed by atoms with Crippen LogP contribution in [-0.2, 0) is 0 Å². The molecule has 0 fully saturated rings. The molecule has 22 heavy (non-hydrogen) atoms. The highest BCUT2D eigenvalue weighted by atomic mass is 16.1. The van der Waals surface area contributed by atoms with Crippen LogP contribution in [0, 0.1) is 0 Å². The minimum Gasteiger partial charge on any atom is -0.376 e. The molecule has 0 unspecified atom stereocenters. The lowest BCUT2D eigenvalue weighted by Crippen LogP contribution is -2.08. The predicted molar refractivity (Wildman–Crippen MR) is 84.2 cm³/mol. The fourth-order valence-electron chi connectivity index (χ4n) is 2.04. The zero-order chi connectivity index (χ0) is 15.5. The van der Waals surface area contributed by atoms with Gasteiger partial charge in [0.1, 0.15) is 17.5 Å². The number of anilines is 1. The van der Waals surface area contributed by atoms with Crippen LogP contribution in [0.3, 0.4) is 0 Å². The van der Waals surface area contributed by atoms with Crippen LogP contribution in [0.5, 0.6) is 0 Å². The summed E-state index contributed by atoms with van der Waals surface area (Å²) in [5.74, 6) is 0. The van der Waals surface area contributed by atoms with Crippen molar-refractivity contribution in [1.29, 1.82) is 0 Å². The van der Waals surface area contributed by atoms with Gasteiger partial charge in [-0.15, -0.1) is 10.2 Å². The van der Waals surface area contributed by atoms with E-state index in [1.807, 2.05) is 31.1 Å². The average Bonchev–Trinajstić information content (AvgIpc) is 2.99. The summed E-state index contributed by atoms with van der Waals surface area (Å²) in [7, 11) is 3.86.